The van der Waals surface area contributed by atoms with Crippen molar-refractivity contribution in [3.05, 3.63) is 81.0 Å². The molecule has 1 aliphatic rings. The lowest BCUT2D eigenvalue weighted by atomic mass is 10.1. The molecule has 3 heterocycles. The maximum absolute atomic E-state index is 11.5. The lowest BCUT2D eigenvalue weighted by Crippen LogP contribution is -2.46. The third kappa shape index (κ3) is 3.78. The fourth-order valence-electron chi connectivity index (χ4n) is 4.12. The summed E-state index contributed by atoms with van der Waals surface area (Å²) in [7, 11) is 0. The van der Waals surface area contributed by atoms with Gasteiger partial charge in [0.15, 0.2) is 5.82 Å². The van der Waals surface area contributed by atoms with Gasteiger partial charge in [0.05, 0.1) is 21.4 Å². The van der Waals surface area contributed by atoms with E-state index in [9.17, 15) is 4.79 Å². The first-order valence-corrected chi connectivity index (χ1v) is 11.1. The fourth-order valence-corrected chi connectivity index (χ4v) is 4.50. The summed E-state index contributed by atoms with van der Waals surface area (Å²) in [6, 6.07) is 16.3. The number of para-hydroxylation sites is 1. The summed E-state index contributed by atoms with van der Waals surface area (Å²) in [4.78, 5) is 18.8. The summed E-state index contributed by atoms with van der Waals surface area (Å²) >= 11 is 12.7. The Morgan fingerprint density at radius 3 is 2.31 bits per heavy atom. The van der Waals surface area contributed by atoms with Crippen LogP contribution in [-0.4, -0.2) is 40.9 Å². The third-order valence-corrected chi connectivity index (χ3v) is 6.68. The average Bonchev–Trinajstić information content (AvgIpc) is 3.38. The molecule has 5 rings (SSSR count). The Labute approximate surface area is 194 Å². The van der Waals surface area contributed by atoms with Crippen LogP contribution in [0.4, 0.5) is 11.4 Å². The van der Waals surface area contributed by atoms with Crippen molar-refractivity contribution in [1.29, 1.82) is 0 Å². The molecule has 32 heavy (non-hydrogen) atoms. The monoisotopic (exact) mass is 469 g/mol. The zero-order valence-electron chi connectivity index (χ0n) is 17.4. The molecule has 0 spiro atoms. The molecule has 7 nitrogen and oxygen atoms in total. The largest absolute Gasteiger partial charge is 0.439 e. The van der Waals surface area contributed by atoms with Crippen molar-refractivity contribution in [2.45, 2.75) is 6.92 Å². The van der Waals surface area contributed by atoms with Crippen LogP contribution in [0.2, 0.25) is 10.0 Å². The number of hydrogen-bond donors (Lipinski definition) is 1. The standard InChI is InChI=1S/C23H21Cl2N5O2/c1-15-21(25)18(24)14-30(15)19-8-7-16(22-26-23(31)32-27-22)13-20(19)29-11-9-28(10-12-29)17-5-3-2-4-6-17/h2-8,13-14H,9-12H2,1H3,(H,26,27,31). The van der Waals surface area contributed by atoms with E-state index in [1.54, 1.807) is 0 Å². The van der Waals surface area contributed by atoms with Crippen molar-refractivity contribution in [3.63, 3.8) is 0 Å². The zero-order valence-corrected chi connectivity index (χ0v) is 18.9. The van der Waals surface area contributed by atoms with E-state index in [2.05, 4.69) is 44.2 Å². The molecule has 0 bridgehead atoms. The van der Waals surface area contributed by atoms with E-state index in [0.29, 0.717) is 15.9 Å². The molecule has 1 fully saturated rings. The van der Waals surface area contributed by atoms with Crippen molar-refractivity contribution < 1.29 is 4.52 Å². The summed E-state index contributed by atoms with van der Waals surface area (Å²) < 4.78 is 6.70. The molecule has 1 saturated heterocycles. The van der Waals surface area contributed by atoms with Crippen LogP contribution in [0.15, 0.2) is 64.0 Å². The number of halogens is 2. The number of aromatic amines is 1. The summed E-state index contributed by atoms with van der Waals surface area (Å²) in [5, 5.41) is 4.89. The maximum Gasteiger partial charge on any atom is 0.439 e. The van der Waals surface area contributed by atoms with Crippen LogP contribution in [0.5, 0.6) is 0 Å². The number of rotatable bonds is 4. The number of anilines is 2. The minimum atomic E-state index is -0.582. The van der Waals surface area contributed by atoms with Gasteiger partial charge in [0.1, 0.15) is 0 Å². The second-order valence-electron chi connectivity index (χ2n) is 7.70. The second-order valence-corrected chi connectivity index (χ2v) is 8.49. The number of H-pyrrole nitrogens is 1. The third-order valence-electron chi connectivity index (χ3n) is 5.82. The molecule has 0 radical (unpaired) electrons. The van der Waals surface area contributed by atoms with Crippen LogP contribution in [-0.2, 0) is 0 Å². The van der Waals surface area contributed by atoms with Crippen molar-refractivity contribution >= 4 is 34.6 Å². The Balaban J connectivity index is 1.53. The van der Waals surface area contributed by atoms with Gasteiger partial charge in [-0.3, -0.25) is 9.51 Å². The molecule has 2 aromatic heterocycles. The Hall–Kier alpha value is -3.16. The highest BCUT2D eigenvalue weighted by atomic mass is 35.5. The molecule has 1 aliphatic heterocycles. The zero-order chi connectivity index (χ0) is 22.2. The van der Waals surface area contributed by atoms with Crippen LogP contribution in [0.1, 0.15) is 5.69 Å². The molecule has 4 aromatic rings. The number of aromatic nitrogens is 3. The molecule has 0 atom stereocenters. The molecule has 2 aromatic carbocycles. The lowest BCUT2D eigenvalue weighted by Gasteiger charge is -2.38. The van der Waals surface area contributed by atoms with Gasteiger partial charge in [-0.25, -0.2) is 4.79 Å². The first-order chi connectivity index (χ1) is 15.5. The van der Waals surface area contributed by atoms with Crippen molar-refractivity contribution in [3.8, 4) is 17.1 Å². The van der Waals surface area contributed by atoms with Crippen LogP contribution in [0.3, 0.4) is 0 Å². The van der Waals surface area contributed by atoms with Crippen LogP contribution in [0, 0.1) is 6.92 Å². The van der Waals surface area contributed by atoms with Crippen molar-refractivity contribution in [1.82, 2.24) is 14.7 Å². The molecule has 0 amide bonds. The summed E-state index contributed by atoms with van der Waals surface area (Å²) in [5.74, 6) is -0.187. The van der Waals surface area contributed by atoms with Gasteiger partial charge in [0, 0.05) is 49.3 Å². The lowest BCUT2D eigenvalue weighted by molar-refractivity contribution is 0.388. The Kier molecular flexibility index (Phi) is 5.45. The molecule has 0 unspecified atom stereocenters. The molecule has 0 aliphatic carbocycles. The van der Waals surface area contributed by atoms with Gasteiger partial charge in [-0.15, -0.1) is 0 Å². The summed E-state index contributed by atoms with van der Waals surface area (Å²) in [5.41, 5.74) is 4.82. The van der Waals surface area contributed by atoms with E-state index in [1.807, 2.05) is 42.0 Å². The van der Waals surface area contributed by atoms with Gasteiger partial charge in [-0.05, 0) is 37.3 Å². The van der Waals surface area contributed by atoms with Crippen LogP contribution < -0.4 is 15.6 Å². The predicted molar refractivity (Wildman–Crippen MR) is 128 cm³/mol. The van der Waals surface area contributed by atoms with E-state index in [0.717, 1.165) is 48.8 Å². The van der Waals surface area contributed by atoms with Gasteiger partial charge >= 0.3 is 5.76 Å². The molecule has 9 heteroatoms. The van der Waals surface area contributed by atoms with Gasteiger partial charge in [0.25, 0.3) is 0 Å². The van der Waals surface area contributed by atoms with Crippen molar-refractivity contribution in [2.75, 3.05) is 36.0 Å². The van der Waals surface area contributed by atoms with Gasteiger partial charge < -0.3 is 14.4 Å². The topological polar surface area (TPSA) is 70.3 Å². The molecule has 1 N–H and O–H groups in total. The minimum absolute atomic E-state index is 0.394. The quantitative estimate of drug-likeness (QED) is 0.466. The number of nitrogens with one attached hydrogen (secondary N) is 1. The highest BCUT2D eigenvalue weighted by Crippen LogP contribution is 2.36. The SMILES string of the molecule is Cc1c(Cl)c(Cl)cn1-c1ccc(-c2noc(=O)[nH]2)cc1N1CCN(c2ccccc2)CC1. The minimum Gasteiger partial charge on any atom is -0.368 e. The molecule has 0 saturated carbocycles. The number of hydrogen-bond acceptors (Lipinski definition) is 5. The number of benzene rings is 2. The van der Waals surface area contributed by atoms with Gasteiger partial charge in [-0.1, -0.05) is 46.6 Å². The summed E-state index contributed by atoms with van der Waals surface area (Å²) in [6.07, 6.45) is 1.83. The van der Waals surface area contributed by atoms with E-state index in [1.165, 1.54) is 5.69 Å². The van der Waals surface area contributed by atoms with Crippen LogP contribution in [0.25, 0.3) is 17.1 Å². The molecular formula is C23H21Cl2N5O2. The van der Waals surface area contributed by atoms with E-state index in [-0.39, 0.29) is 0 Å². The Bertz CT molecular complexity index is 1300. The van der Waals surface area contributed by atoms with Crippen LogP contribution >= 0.6 is 23.2 Å². The maximum atomic E-state index is 11.5. The van der Waals surface area contributed by atoms with E-state index < -0.39 is 5.76 Å². The van der Waals surface area contributed by atoms with Crippen molar-refractivity contribution in [2.24, 2.45) is 0 Å². The number of piperazine rings is 1. The smallest absolute Gasteiger partial charge is 0.368 e. The highest BCUT2D eigenvalue weighted by molar-refractivity contribution is 6.42. The summed E-state index contributed by atoms with van der Waals surface area (Å²) in [6.45, 7) is 5.39. The predicted octanol–water partition coefficient (Wildman–Crippen LogP) is 4.76. The molecular weight excluding hydrogens is 449 g/mol. The second kappa shape index (κ2) is 8.41. The Morgan fingerprint density at radius 2 is 1.69 bits per heavy atom. The number of nitrogens with zero attached hydrogens (tertiary/aromatic N) is 4. The first-order valence-electron chi connectivity index (χ1n) is 10.3. The van der Waals surface area contributed by atoms with E-state index in [4.69, 9.17) is 27.7 Å². The van der Waals surface area contributed by atoms with E-state index >= 15 is 0 Å². The average molecular weight is 470 g/mol. The van der Waals surface area contributed by atoms with Gasteiger partial charge in [-0.2, -0.15) is 0 Å². The normalized spacial score (nSPS) is 14.2. The Morgan fingerprint density at radius 1 is 0.969 bits per heavy atom. The molecule has 164 valence electrons. The first kappa shape index (κ1) is 20.7. The van der Waals surface area contributed by atoms with Gasteiger partial charge in [0.2, 0.25) is 0 Å². The fraction of sp³-hybridized carbons (Fsp3) is 0.217. The highest BCUT2D eigenvalue weighted by Gasteiger charge is 2.23.